The minimum absolute atomic E-state index is 0.585. The van der Waals surface area contributed by atoms with E-state index in [0.29, 0.717) is 13.2 Å². The topological polar surface area (TPSA) is 53.7 Å². The van der Waals surface area contributed by atoms with E-state index in [0.717, 1.165) is 47.8 Å². The third-order valence-corrected chi connectivity index (χ3v) is 5.19. The first-order chi connectivity index (χ1) is 15.2. The molecule has 2 N–H and O–H groups in total. The van der Waals surface area contributed by atoms with Crippen molar-refractivity contribution in [2.24, 2.45) is 5.73 Å². The number of unbranched alkanes of at least 4 members (excludes halogenated alkanes) is 2. The largest absolute Gasteiger partial charge is 0.497 e. The zero-order valence-electron chi connectivity index (χ0n) is 18.6. The first-order valence-corrected chi connectivity index (χ1v) is 11.1. The normalized spacial score (nSPS) is 10.7. The molecule has 0 saturated heterocycles. The van der Waals surface area contributed by atoms with E-state index in [2.05, 4.69) is 43.3 Å². The molecule has 31 heavy (non-hydrogen) atoms. The lowest BCUT2D eigenvalue weighted by atomic mass is 9.99. The van der Waals surface area contributed by atoms with Crippen molar-refractivity contribution in [1.29, 1.82) is 0 Å². The Morgan fingerprint density at radius 2 is 1.29 bits per heavy atom. The molecule has 4 heteroatoms. The van der Waals surface area contributed by atoms with E-state index in [4.69, 9.17) is 19.9 Å². The standard InChI is InChI=1S/C27H33NO3/c1-3-4-5-18-30-24-13-11-22(12-14-24)21-7-9-23(10-8-21)26-16-15-25(29-2)20-27(26)31-19-6-17-28/h7-16,20H,3-6,17-19,28H2,1-2H3. The number of methoxy groups -OCH3 is 1. The van der Waals surface area contributed by atoms with Gasteiger partial charge in [-0.3, -0.25) is 0 Å². The molecular weight excluding hydrogens is 386 g/mol. The van der Waals surface area contributed by atoms with Crippen LogP contribution in [0.4, 0.5) is 0 Å². The molecule has 0 saturated carbocycles. The molecule has 0 spiro atoms. The quantitative estimate of drug-likeness (QED) is 0.349. The van der Waals surface area contributed by atoms with E-state index in [1.807, 2.05) is 30.3 Å². The molecule has 0 aliphatic heterocycles. The molecule has 164 valence electrons. The second-order valence-electron chi connectivity index (χ2n) is 7.51. The van der Waals surface area contributed by atoms with Gasteiger partial charge in [0.25, 0.3) is 0 Å². The van der Waals surface area contributed by atoms with Gasteiger partial charge in [-0.25, -0.2) is 0 Å². The average Bonchev–Trinajstić information content (AvgIpc) is 2.82. The molecule has 0 aliphatic rings. The van der Waals surface area contributed by atoms with Gasteiger partial charge in [0.2, 0.25) is 0 Å². The van der Waals surface area contributed by atoms with E-state index in [1.54, 1.807) is 7.11 Å². The van der Waals surface area contributed by atoms with E-state index in [-0.39, 0.29) is 0 Å². The fraction of sp³-hybridized carbons (Fsp3) is 0.333. The van der Waals surface area contributed by atoms with Crippen molar-refractivity contribution >= 4 is 0 Å². The molecule has 3 aromatic carbocycles. The van der Waals surface area contributed by atoms with Gasteiger partial charge in [0.1, 0.15) is 17.2 Å². The number of nitrogens with two attached hydrogens (primary N) is 1. The van der Waals surface area contributed by atoms with Gasteiger partial charge in [0, 0.05) is 11.6 Å². The summed E-state index contributed by atoms with van der Waals surface area (Å²) < 4.78 is 17.2. The molecule has 0 radical (unpaired) electrons. The Hall–Kier alpha value is -2.98. The number of benzene rings is 3. The van der Waals surface area contributed by atoms with Crippen molar-refractivity contribution in [3.8, 4) is 39.5 Å². The molecule has 4 nitrogen and oxygen atoms in total. The maximum atomic E-state index is 5.98. The number of hydrogen-bond acceptors (Lipinski definition) is 4. The lowest BCUT2D eigenvalue weighted by Crippen LogP contribution is -2.06. The molecule has 0 amide bonds. The Labute approximate surface area is 186 Å². The van der Waals surface area contributed by atoms with Gasteiger partial charge >= 0.3 is 0 Å². The fourth-order valence-corrected chi connectivity index (χ4v) is 3.38. The predicted octanol–water partition coefficient (Wildman–Crippen LogP) is 6.33. The summed E-state index contributed by atoms with van der Waals surface area (Å²) in [6.07, 6.45) is 4.32. The highest BCUT2D eigenvalue weighted by Crippen LogP contribution is 2.35. The van der Waals surface area contributed by atoms with E-state index < -0.39 is 0 Å². The second-order valence-corrected chi connectivity index (χ2v) is 7.51. The lowest BCUT2D eigenvalue weighted by Gasteiger charge is -2.14. The zero-order chi connectivity index (χ0) is 21.9. The van der Waals surface area contributed by atoms with Gasteiger partial charge in [0.15, 0.2) is 0 Å². The van der Waals surface area contributed by atoms with Crippen molar-refractivity contribution in [1.82, 2.24) is 0 Å². The summed E-state index contributed by atoms with van der Waals surface area (Å²) in [5.74, 6) is 2.51. The van der Waals surface area contributed by atoms with Gasteiger partial charge in [-0.15, -0.1) is 0 Å². The highest BCUT2D eigenvalue weighted by Gasteiger charge is 2.09. The van der Waals surface area contributed by atoms with Gasteiger partial charge in [0.05, 0.1) is 20.3 Å². The van der Waals surface area contributed by atoms with Crippen LogP contribution in [-0.2, 0) is 0 Å². The molecule has 0 unspecified atom stereocenters. The summed E-state index contributed by atoms with van der Waals surface area (Å²) >= 11 is 0. The van der Waals surface area contributed by atoms with Crippen LogP contribution in [0.2, 0.25) is 0 Å². The summed E-state index contributed by atoms with van der Waals surface area (Å²) in [7, 11) is 1.66. The van der Waals surface area contributed by atoms with Crippen LogP contribution in [-0.4, -0.2) is 26.9 Å². The van der Waals surface area contributed by atoms with Gasteiger partial charge < -0.3 is 19.9 Å². The number of ether oxygens (including phenoxy) is 3. The van der Waals surface area contributed by atoms with Gasteiger partial charge in [-0.1, -0.05) is 56.2 Å². The van der Waals surface area contributed by atoms with Crippen molar-refractivity contribution < 1.29 is 14.2 Å². The molecule has 0 atom stereocenters. The van der Waals surface area contributed by atoms with E-state index in [9.17, 15) is 0 Å². The minimum Gasteiger partial charge on any atom is -0.497 e. The summed E-state index contributed by atoms with van der Waals surface area (Å²) in [6.45, 7) is 4.17. The lowest BCUT2D eigenvalue weighted by molar-refractivity contribution is 0.306. The molecular formula is C27H33NO3. The Balaban J connectivity index is 1.72. The van der Waals surface area contributed by atoms with Crippen molar-refractivity contribution in [3.63, 3.8) is 0 Å². The van der Waals surface area contributed by atoms with Crippen molar-refractivity contribution in [3.05, 3.63) is 66.7 Å². The van der Waals surface area contributed by atoms with Gasteiger partial charge in [-0.2, -0.15) is 0 Å². The summed E-state index contributed by atoms with van der Waals surface area (Å²) in [4.78, 5) is 0. The molecule has 0 bridgehead atoms. The highest BCUT2D eigenvalue weighted by molar-refractivity contribution is 5.75. The monoisotopic (exact) mass is 419 g/mol. The summed E-state index contributed by atoms with van der Waals surface area (Å²) in [6, 6.07) is 22.8. The maximum Gasteiger partial charge on any atom is 0.130 e. The van der Waals surface area contributed by atoms with Gasteiger partial charge in [-0.05, 0) is 60.3 Å². The van der Waals surface area contributed by atoms with Crippen LogP contribution in [0.5, 0.6) is 17.2 Å². The molecule has 0 heterocycles. The first-order valence-electron chi connectivity index (χ1n) is 11.1. The third-order valence-electron chi connectivity index (χ3n) is 5.19. The molecule has 0 aliphatic carbocycles. The van der Waals surface area contributed by atoms with Crippen LogP contribution in [0.15, 0.2) is 66.7 Å². The molecule has 0 fully saturated rings. The molecule has 0 aromatic heterocycles. The SMILES string of the molecule is CCCCCOc1ccc(-c2ccc(-c3ccc(OC)cc3OCCCN)cc2)cc1. The van der Waals surface area contributed by atoms with E-state index in [1.165, 1.54) is 24.0 Å². The average molecular weight is 420 g/mol. The third kappa shape index (κ3) is 6.50. The smallest absolute Gasteiger partial charge is 0.130 e. The van der Waals surface area contributed by atoms with Crippen LogP contribution in [0, 0.1) is 0 Å². The maximum absolute atomic E-state index is 5.98. The van der Waals surface area contributed by atoms with Crippen LogP contribution >= 0.6 is 0 Å². The van der Waals surface area contributed by atoms with Crippen LogP contribution in [0.1, 0.15) is 32.6 Å². The van der Waals surface area contributed by atoms with Crippen LogP contribution in [0.25, 0.3) is 22.3 Å². The summed E-state index contributed by atoms with van der Waals surface area (Å²) in [5, 5.41) is 0. The fourth-order valence-electron chi connectivity index (χ4n) is 3.38. The van der Waals surface area contributed by atoms with Crippen molar-refractivity contribution in [2.75, 3.05) is 26.9 Å². The number of rotatable bonds is 12. The molecule has 3 rings (SSSR count). The first kappa shape index (κ1) is 22.7. The zero-order valence-corrected chi connectivity index (χ0v) is 18.6. The predicted molar refractivity (Wildman–Crippen MR) is 128 cm³/mol. The van der Waals surface area contributed by atoms with Crippen LogP contribution in [0.3, 0.4) is 0 Å². The Morgan fingerprint density at radius 1 is 0.677 bits per heavy atom. The Morgan fingerprint density at radius 3 is 1.94 bits per heavy atom. The summed E-state index contributed by atoms with van der Waals surface area (Å²) in [5.41, 5.74) is 10.1. The highest BCUT2D eigenvalue weighted by atomic mass is 16.5. The van der Waals surface area contributed by atoms with Crippen LogP contribution < -0.4 is 19.9 Å². The Bertz CT molecular complexity index is 920. The number of hydrogen-bond donors (Lipinski definition) is 1. The van der Waals surface area contributed by atoms with E-state index >= 15 is 0 Å². The van der Waals surface area contributed by atoms with Crippen molar-refractivity contribution in [2.45, 2.75) is 32.6 Å². The minimum atomic E-state index is 0.585. The second kappa shape index (κ2) is 12.0. The Kier molecular flexibility index (Phi) is 8.80. The molecule has 3 aromatic rings.